The predicted octanol–water partition coefficient (Wildman–Crippen LogP) is 2.67. The van der Waals surface area contributed by atoms with Gasteiger partial charge in [-0.3, -0.25) is 0 Å². The molecule has 1 aromatic heterocycles. The molecule has 1 rings (SSSR count). The first-order chi connectivity index (χ1) is 6.74. The molecule has 0 aliphatic carbocycles. The highest BCUT2D eigenvalue weighted by Gasteiger charge is 2.00. The molecular formula is C9H17BrN4. The minimum absolute atomic E-state index is 0.289. The van der Waals surface area contributed by atoms with Crippen LogP contribution in [0.2, 0.25) is 0 Å². The first-order valence-electron chi connectivity index (χ1n) is 4.76. The van der Waals surface area contributed by atoms with Crippen molar-refractivity contribution >= 4 is 27.7 Å². The summed E-state index contributed by atoms with van der Waals surface area (Å²) in [4.78, 5) is 7.85. The largest absolute Gasteiger partial charge is 0.369 e. The molecule has 0 radical (unpaired) electrons. The molecule has 0 fully saturated rings. The van der Waals surface area contributed by atoms with Crippen LogP contribution in [0.15, 0.2) is 10.7 Å². The molecule has 0 aliphatic rings. The van der Waals surface area contributed by atoms with Gasteiger partial charge in [0.05, 0.1) is 4.47 Å². The van der Waals surface area contributed by atoms with Crippen LogP contribution in [-0.2, 0) is 0 Å². The molecule has 14 heavy (non-hydrogen) atoms. The van der Waals surface area contributed by atoms with Gasteiger partial charge in [-0.05, 0) is 22.4 Å². The van der Waals surface area contributed by atoms with E-state index in [-0.39, 0.29) is 5.95 Å². The quantitative estimate of drug-likeness (QED) is 0.878. The van der Waals surface area contributed by atoms with E-state index in [1.54, 1.807) is 6.20 Å². The summed E-state index contributed by atoms with van der Waals surface area (Å²) in [5, 5.41) is 3.13. The Labute approximate surface area is 93.5 Å². The number of nitrogens with two attached hydrogens (primary N) is 1. The molecule has 0 spiro atoms. The fourth-order valence-corrected chi connectivity index (χ4v) is 1.08. The third kappa shape index (κ3) is 4.41. The fourth-order valence-electron chi connectivity index (χ4n) is 0.748. The van der Waals surface area contributed by atoms with E-state index < -0.39 is 0 Å². The van der Waals surface area contributed by atoms with E-state index in [0.29, 0.717) is 0 Å². The first-order valence-corrected chi connectivity index (χ1v) is 5.55. The van der Waals surface area contributed by atoms with Crippen LogP contribution >= 0.6 is 15.9 Å². The van der Waals surface area contributed by atoms with Crippen LogP contribution < -0.4 is 11.1 Å². The molecule has 0 saturated carbocycles. The maximum atomic E-state index is 5.42. The Hall–Kier alpha value is -0.840. The molecule has 0 unspecified atom stereocenters. The normalized spacial score (nSPS) is 8.86. The number of nitrogens with one attached hydrogen (secondary N) is 1. The zero-order valence-corrected chi connectivity index (χ0v) is 10.4. The number of nitrogens with zero attached hydrogens (tertiary/aromatic N) is 2. The van der Waals surface area contributed by atoms with Crippen LogP contribution in [0.4, 0.5) is 11.8 Å². The Bertz CT molecular complexity index is 265. The Morgan fingerprint density at radius 2 is 2.14 bits per heavy atom. The van der Waals surface area contributed by atoms with Gasteiger partial charge in [0.25, 0.3) is 0 Å². The second kappa shape index (κ2) is 7.55. The number of hydrogen-bond donors (Lipinski definition) is 2. The van der Waals surface area contributed by atoms with Gasteiger partial charge in [-0.15, -0.1) is 0 Å². The Kier molecular flexibility index (Phi) is 7.10. The minimum Gasteiger partial charge on any atom is -0.369 e. The summed E-state index contributed by atoms with van der Waals surface area (Å²) in [7, 11) is 0. The van der Waals surface area contributed by atoms with E-state index in [0.717, 1.165) is 23.3 Å². The molecule has 4 nitrogen and oxygen atoms in total. The van der Waals surface area contributed by atoms with Crippen LogP contribution in [0.1, 0.15) is 27.2 Å². The van der Waals surface area contributed by atoms with E-state index in [1.807, 2.05) is 13.8 Å². The van der Waals surface area contributed by atoms with Crippen LogP contribution in [0.25, 0.3) is 0 Å². The molecule has 1 aromatic rings. The van der Waals surface area contributed by atoms with E-state index in [4.69, 9.17) is 5.73 Å². The van der Waals surface area contributed by atoms with Gasteiger partial charge in [0.15, 0.2) is 0 Å². The highest BCUT2D eigenvalue weighted by molar-refractivity contribution is 9.10. The van der Waals surface area contributed by atoms with Crippen LogP contribution in [-0.4, -0.2) is 16.5 Å². The molecule has 5 heteroatoms. The van der Waals surface area contributed by atoms with Crippen molar-refractivity contribution in [3.8, 4) is 0 Å². The van der Waals surface area contributed by atoms with Crippen molar-refractivity contribution in [3.05, 3.63) is 10.7 Å². The molecule has 3 N–H and O–H groups in total. The molecule has 0 atom stereocenters. The third-order valence-corrected chi connectivity index (χ3v) is 1.89. The van der Waals surface area contributed by atoms with Crippen molar-refractivity contribution in [1.29, 1.82) is 0 Å². The van der Waals surface area contributed by atoms with E-state index >= 15 is 0 Å². The Morgan fingerprint density at radius 1 is 1.50 bits per heavy atom. The smallest absolute Gasteiger partial charge is 0.221 e. The van der Waals surface area contributed by atoms with Gasteiger partial charge in [0.1, 0.15) is 5.82 Å². The fraction of sp³-hybridized carbons (Fsp3) is 0.556. The van der Waals surface area contributed by atoms with Crippen molar-refractivity contribution in [2.75, 3.05) is 17.6 Å². The molecule has 0 aromatic carbocycles. The van der Waals surface area contributed by atoms with Gasteiger partial charge >= 0.3 is 0 Å². The van der Waals surface area contributed by atoms with E-state index in [1.165, 1.54) is 0 Å². The summed E-state index contributed by atoms with van der Waals surface area (Å²) in [5.74, 6) is 1.04. The number of hydrogen-bond acceptors (Lipinski definition) is 4. The van der Waals surface area contributed by atoms with Crippen molar-refractivity contribution in [2.24, 2.45) is 0 Å². The molecule has 1 heterocycles. The first kappa shape index (κ1) is 13.2. The monoisotopic (exact) mass is 260 g/mol. The van der Waals surface area contributed by atoms with E-state index in [9.17, 15) is 0 Å². The second-order valence-corrected chi connectivity index (χ2v) is 3.21. The number of nitrogen functional groups attached to an aromatic ring is 1. The van der Waals surface area contributed by atoms with Gasteiger partial charge in [0, 0.05) is 12.7 Å². The number of aromatic nitrogens is 2. The van der Waals surface area contributed by atoms with Crippen LogP contribution in [0.5, 0.6) is 0 Å². The number of anilines is 2. The maximum Gasteiger partial charge on any atom is 0.221 e. The van der Waals surface area contributed by atoms with E-state index in [2.05, 4.69) is 38.1 Å². The summed E-state index contributed by atoms with van der Waals surface area (Å²) in [6.07, 6.45) is 2.69. The zero-order valence-electron chi connectivity index (χ0n) is 8.84. The number of halogens is 1. The molecular weight excluding hydrogens is 244 g/mol. The van der Waals surface area contributed by atoms with Crippen molar-refractivity contribution < 1.29 is 0 Å². The lowest BCUT2D eigenvalue weighted by atomic mass is 10.4. The van der Waals surface area contributed by atoms with Gasteiger partial charge in [-0.1, -0.05) is 20.8 Å². The van der Waals surface area contributed by atoms with Gasteiger partial charge in [-0.2, -0.15) is 4.98 Å². The lowest BCUT2D eigenvalue weighted by Crippen LogP contribution is -2.05. The summed E-state index contributed by atoms with van der Waals surface area (Å²) in [6, 6.07) is 0. The molecule has 80 valence electrons. The van der Waals surface area contributed by atoms with Crippen LogP contribution in [0.3, 0.4) is 0 Å². The average molecular weight is 261 g/mol. The lowest BCUT2D eigenvalue weighted by Gasteiger charge is -2.05. The molecule has 0 aliphatic heterocycles. The molecule has 0 amide bonds. The summed E-state index contributed by atoms with van der Waals surface area (Å²) >= 11 is 3.32. The SMILES string of the molecule is CC.CCCNc1nc(N)ncc1Br. The van der Waals surface area contributed by atoms with Gasteiger partial charge < -0.3 is 11.1 Å². The Balaban J connectivity index is 0.000000791. The maximum absolute atomic E-state index is 5.42. The Morgan fingerprint density at radius 3 is 2.71 bits per heavy atom. The summed E-state index contributed by atoms with van der Waals surface area (Å²) in [6.45, 7) is 6.97. The zero-order chi connectivity index (χ0) is 11.0. The summed E-state index contributed by atoms with van der Waals surface area (Å²) in [5.41, 5.74) is 5.42. The summed E-state index contributed by atoms with van der Waals surface area (Å²) < 4.78 is 0.838. The highest BCUT2D eigenvalue weighted by Crippen LogP contribution is 2.18. The third-order valence-electron chi connectivity index (χ3n) is 1.31. The van der Waals surface area contributed by atoms with Crippen molar-refractivity contribution in [3.63, 3.8) is 0 Å². The second-order valence-electron chi connectivity index (χ2n) is 2.35. The average Bonchev–Trinajstić information content (AvgIpc) is 2.22. The molecule has 0 bridgehead atoms. The van der Waals surface area contributed by atoms with Crippen molar-refractivity contribution in [1.82, 2.24) is 9.97 Å². The topological polar surface area (TPSA) is 63.8 Å². The number of rotatable bonds is 3. The molecule has 0 saturated heterocycles. The minimum atomic E-state index is 0.289. The highest BCUT2D eigenvalue weighted by atomic mass is 79.9. The van der Waals surface area contributed by atoms with Gasteiger partial charge in [-0.25, -0.2) is 4.98 Å². The predicted molar refractivity (Wildman–Crippen MR) is 64.3 cm³/mol. The van der Waals surface area contributed by atoms with Crippen molar-refractivity contribution in [2.45, 2.75) is 27.2 Å². The lowest BCUT2D eigenvalue weighted by molar-refractivity contribution is 0.964. The van der Waals surface area contributed by atoms with Crippen LogP contribution in [0, 0.1) is 0 Å². The van der Waals surface area contributed by atoms with Gasteiger partial charge in [0.2, 0.25) is 5.95 Å². The standard InChI is InChI=1S/C7H11BrN4.C2H6/c1-2-3-10-6-5(8)4-11-7(9)12-6;1-2/h4H,2-3H2,1H3,(H3,9,10,11,12);1-2H3.